The van der Waals surface area contributed by atoms with Crippen molar-refractivity contribution in [1.82, 2.24) is 26.0 Å². The molecule has 6 atom stereocenters. The third-order valence-electron chi connectivity index (χ3n) is 8.90. The monoisotopic (exact) mass is 478 g/mol. The van der Waals surface area contributed by atoms with E-state index in [1.807, 2.05) is 0 Å². The minimum Gasteiger partial charge on any atom is -0.381 e. The van der Waals surface area contributed by atoms with Gasteiger partial charge in [-0.3, -0.25) is 15.5 Å². The van der Waals surface area contributed by atoms with Gasteiger partial charge < -0.3 is 20.7 Å². The lowest BCUT2D eigenvalue weighted by atomic mass is 9.71. The van der Waals surface area contributed by atoms with Gasteiger partial charge in [0.05, 0.1) is 6.17 Å². The van der Waals surface area contributed by atoms with Gasteiger partial charge in [-0.05, 0) is 77.2 Å². The van der Waals surface area contributed by atoms with Crippen molar-refractivity contribution in [2.45, 2.75) is 77.0 Å². The first-order chi connectivity index (χ1) is 16.5. The van der Waals surface area contributed by atoms with Crippen LogP contribution in [-0.2, 0) is 9.53 Å². The summed E-state index contributed by atoms with van der Waals surface area (Å²) in [5.41, 5.74) is 9.39. The second-order valence-electron chi connectivity index (χ2n) is 11.7. The second-order valence-corrected chi connectivity index (χ2v) is 11.7. The SMILES string of the molecule is CC(C)N1NCC2C(C(=O)NCC3CCOCC3)CC(C3CCCC(CN(C)CCN)C3)NC21. The van der Waals surface area contributed by atoms with Gasteiger partial charge in [-0.2, -0.15) is 0 Å². The molecule has 196 valence electrons. The Balaban J connectivity index is 1.41. The van der Waals surface area contributed by atoms with E-state index >= 15 is 0 Å². The van der Waals surface area contributed by atoms with Gasteiger partial charge in [0.15, 0.2) is 0 Å². The first kappa shape index (κ1) is 26.3. The van der Waals surface area contributed by atoms with Crippen molar-refractivity contribution in [3.8, 4) is 0 Å². The quantitative estimate of drug-likeness (QED) is 0.398. The van der Waals surface area contributed by atoms with Gasteiger partial charge in [-0.1, -0.05) is 6.42 Å². The third kappa shape index (κ3) is 6.51. The molecule has 3 heterocycles. The zero-order valence-corrected chi connectivity index (χ0v) is 21.8. The molecule has 0 spiro atoms. The molecule has 5 N–H and O–H groups in total. The zero-order chi connectivity index (χ0) is 24.1. The fourth-order valence-corrected chi connectivity index (χ4v) is 7.01. The zero-order valence-electron chi connectivity index (χ0n) is 21.8. The van der Waals surface area contributed by atoms with E-state index in [9.17, 15) is 4.79 Å². The Morgan fingerprint density at radius 2 is 1.97 bits per heavy atom. The lowest BCUT2D eigenvalue weighted by Gasteiger charge is -2.46. The van der Waals surface area contributed by atoms with E-state index < -0.39 is 0 Å². The highest BCUT2D eigenvalue weighted by molar-refractivity contribution is 5.79. The lowest BCUT2D eigenvalue weighted by Crippen LogP contribution is -2.61. The van der Waals surface area contributed by atoms with E-state index in [1.165, 1.54) is 25.7 Å². The van der Waals surface area contributed by atoms with Crippen molar-refractivity contribution in [2.75, 3.05) is 53.0 Å². The fourth-order valence-electron chi connectivity index (χ4n) is 7.01. The highest BCUT2D eigenvalue weighted by Gasteiger charge is 2.49. The highest BCUT2D eigenvalue weighted by atomic mass is 16.5. The number of likely N-dealkylation sites (N-methyl/N-ethyl adjacent to an activating group) is 1. The van der Waals surface area contributed by atoms with Crippen LogP contribution in [0.25, 0.3) is 0 Å². The largest absolute Gasteiger partial charge is 0.381 e. The molecule has 34 heavy (non-hydrogen) atoms. The number of hydrogen-bond donors (Lipinski definition) is 4. The molecule has 4 aliphatic rings. The number of hydrogen-bond acceptors (Lipinski definition) is 7. The van der Waals surface area contributed by atoms with Crippen molar-refractivity contribution in [3.05, 3.63) is 0 Å². The Morgan fingerprint density at radius 3 is 2.71 bits per heavy atom. The van der Waals surface area contributed by atoms with Crippen LogP contribution < -0.4 is 21.8 Å². The van der Waals surface area contributed by atoms with Crippen LogP contribution in [0.15, 0.2) is 0 Å². The van der Waals surface area contributed by atoms with E-state index in [0.29, 0.717) is 29.8 Å². The lowest BCUT2D eigenvalue weighted by molar-refractivity contribution is -0.130. The number of amides is 1. The van der Waals surface area contributed by atoms with Gasteiger partial charge in [0.1, 0.15) is 0 Å². The number of nitrogens with one attached hydrogen (secondary N) is 3. The molecule has 6 unspecified atom stereocenters. The Kier molecular flexibility index (Phi) is 9.64. The Bertz CT molecular complexity index is 643. The minimum atomic E-state index is 0.0765. The number of carbonyl (C=O) groups is 1. The van der Waals surface area contributed by atoms with Crippen LogP contribution in [0.1, 0.15) is 58.8 Å². The maximum absolute atomic E-state index is 13.5. The van der Waals surface area contributed by atoms with Crippen LogP contribution in [0.2, 0.25) is 0 Å². The van der Waals surface area contributed by atoms with Crippen LogP contribution in [0.3, 0.4) is 0 Å². The maximum Gasteiger partial charge on any atom is 0.223 e. The number of piperidine rings is 1. The fraction of sp³-hybridized carbons (Fsp3) is 0.962. The van der Waals surface area contributed by atoms with Crippen LogP contribution >= 0.6 is 0 Å². The predicted molar refractivity (Wildman–Crippen MR) is 136 cm³/mol. The molecular formula is C26H50N6O2. The molecule has 1 aliphatic carbocycles. The molecule has 4 fully saturated rings. The Hall–Kier alpha value is -0.770. The van der Waals surface area contributed by atoms with Gasteiger partial charge in [-0.15, -0.1) is 0 Å². The first-order valence-corrected chi connectivity index (χ1v) is 14.0. The highest BCUT2D eigenvalue weighted by Crippen LogP contribution is 2.39. The Morgan fingerprint density at radius 1 is 1.18 bits per heavy atom. The van der Waals surface area contributed by atoms with Gasteiger partial charge in [-0.25, -0.2) is 5.01 Å². The Labute approximate surface area is 207 Å². The van der Waals surface area contributed by atoms with Crippen LogP contribution in [-0.4, -0.2) is 87.1 Å². The summed E-state index contributed by atoms with van der Waals surface area (Å²) < 4.78 is 5.50. The van der Waals surface area contributed by atoms with E-state index in [2.05, 4.69) is 46.9 Å². The van der Waals surface area contributed by atoms with Crippen LogP contribution in [0, 0.1) is 29.6 Å². The van der Waals surface area contributed by atoms with Gasteiger partial charge in [0, 0.05) is 69.9 Å². The number of rotatable bonds is 9. The standard InChI is InChI=1S/C26H50N6O2/c1-18(2)32-25-23(16-29-32)22(26(33)28-15-19-7-11-34-12-8-19)14-24(30-25)21-6-4-5-20(13-21)17-31(3)10-9-27/h18-25,29-30H,4-17,27H2,1-3H3,(H,28,33). The molecule has 0 radical (unpaired) electrons. The molecule has 0 aromatic carbocycles. The number of fused-ring (bicyclic) bond motifs is 1. The molecule has 3 aliphatic heterocycles. The van der Waals surface area contributed by atoms with Crippen molar-refractivity contribution < 1.29 is 9.53 Å². The second kappa shape index (κ2) is 12.5. The topological polar surface area (TPSA) is 94.9 Å². The summed E-state index contributed by atoms with van der Waals surface area (Å²) in [7, 11) is 2.20. The van der Waals surface area contributed by atoms with E-state index in [1.54, 1.807) is 0 Å². The summed E-state index contributed by atoms with van der Waals surface area (Å²) >= 11 is 0. The molecule has 8 nitrogen and oxygen atoms in total. The molecule has 0 aromatic heterocycles. The average Bonchev–Trinajstić information content (AvgIpc) is 3.27. The number of hydrazine groups is 1. The van der Waals surface area contributed by atoms with Gasteiger partial charge in [0.25, 0.3) is 0 Å². The average molecular weight is 479 g/mol. The van der Waals surface area contributed by atoms with Gasteiger partial charge in [0.2, 0.25) is 5.91 Å². The van der Waals surface area contributed by atoms with Crippen molar-refractivity contribution in [3.63, 3.8) is 0 Å². The number of ether oxygens (including phenoxy) is 1. The normalized spacial score (nSPS) is 35.6. The summed E-state index contributed by atoms with van der Waals surface area (Å²) in [4.78, 5) is 15.9. The van der Waals surface area contributed by atoms with Crippen LogP contribution in [0.4, 0.5) is 0 Å². The third-order valence-corrected chi connectivity index (χ3v) is 8.90. The first-order valence-electron chi connectivity index (χ1n) is 14.0. The minimum absolute atomic E-state index is 0.0765. The summed E-state index contributed by atoms with van der Waals surface area (Å²) in [6.45, 7) is 10.7. The molecular weight excluding hydrogens is 428 g/mol. The van der Waals surface area contributed by atoms with Crippen molar-refractivity contribution in [1.29, 1.82) is 0 Å². The van der Waals surface area contributed by atoms with E-state index in [0.717, 1.165) is 71.1 Å². The van der Waals surface area contributed by atoms with E-state index in [-0.39, 0.29) is 18.0 Å². The van der Waals surface area contributed by atoms with Crippen molar-refractivity contribution >= 4 is 5.91 Å². The molecule has 0 bridgehead atoms. The molecule has 8 heteroatoms. The van der Waals surface area contributed by atoms with Crippen LogP contribution in [0.5, 0.6) is 0 Å². The number of nitrogens with two attached hydrogens (primary N) is 1. The van der Waals surface area contributed by atoms with E-state index in [4.69, 9.17) is 10.5 Å². The summed E-state index contributed by atoms with van der Waals surface area (Å²) in [6.07, 6.45) is 8.47. The van der Waals surface area contributed by atoms with Crippen molar-refractivity contribution in [2.24, 2.45) is 35.3 Å². The summed E-state index contributed by atoms with van der Waals surface area (Å²) in [5.74, 6) is 2.61. The van der Waals surface area contributed by atoms with Gasteiger partial charge >= 0.3 is 0 Å². The molecule has 3 saturated heterocycles. The molecule has 4 rings (SSSR count). The molecule has 0 aromatic rings. The smallest absolute Gasteiger partial charge is 0.223 e. The molecule has 1 amide bonds. The molecule has 1 saturated carbocycles. The summed E-state index contributed by atoms with van der Waals surface area (Å²) in [5, 5.41) is 9.77. The predicted octanol–water partition coefficient (Wildman–Crippen LogP) is 1.38. The number of carbonyl (C=O) groups excluding carboxylic acids is 1. The number of nitrogens with zero attached hydrogens (tertiary/aromatic N) is 2. The summed E-state index contributed by atoms with van der Waals surface area (Å²) in [6, 6.07) is 0.806. The maximum atomic E-state index is 13.5.